The van der Waals surface area contributed by atoms with Crippen molar-refractivity contribution in [2.75, 3.05) is 30.9 Å². The fourth-order valence-electron chi connectivity index (χ4n) is 0.914. The molecule has 0 atom stereocenters. The number of hydrogen-bond acceptors (Lipinski definition) is 2. The minimum absolute atomic E-state index is 0.273. The van der Waals surface area contributed by atoms with E-state index >= 15 is 0 Å². The first-order chi connectivity index (χ1) is 6.22. The van der Waals surface area contributed by atoms with Gasteiger partial charge in [0.05, 0.1) is 0 Å². The van der Waals surface area contributed by atoms with Crippen LogP contribution >= 0.6 is 27.7 Å². The van der Waals surface area contributed by atoms with E-state index in [0.29, 0.717) is 6.42 Å². The van der Waals surface area contributed by atoms with Crippen LogP contribution in [0.25, 0.3) is 0 Å². The first kappa shape index (κ1) is 13.3. The Balaban J connectivity index is 3.45. The minimum atomic E-state index is 0.273. The molecule has 13 heavy (non-hydrogen) atoms. The van der Waals surface area contributed by atoms with Gasteiger partial charge in [-0.1, -0.05) is 15.9 Å². The van der Waals surface area contributed by atoms with Gasteiger partial charge in [-0.3, -0.25) is 4.79 Å². The van der Waals surface area contributed by atoms with Crippen LogP contribution in [0.4, 0.5) is 0 Å². The SMILES string of the molecule is CSCCN(C)C(=O)CCCCBr. The first-order valence-electron chi connectivity index (χ1n) is 4.51. The van der Waals surface area contributed by atoms with Crippen LogP contribution in [0.5, 0.6) is 0 Å². The van der Waals surface area contributed by atoms with Crippen LogP contribution in [0.1, 0.15) is 19.3 Å². The van der Waals surface area contributed by atoms with E-state index < -0.39 is 0 Å². The Labute approximate surface area is 93.6 Å². The normalized spacial score (nSPS) is 10.1. The predicted octanol–water partition coefficient (Wildman–Crippen LogP) is 2.37. The van der Waals surface area contributed by atoms with E-state index in [9.17, 15) is 4.79 Å². The van der Waals surface area contributed by atoms with Crippen LogP contribution < -0.4 is 0 Å². The molecule has 78 valence electrons. The molecule has 0 N–H and O–H groups in total. The number of halogens is 1. The number of carbonyl (C=O) groups excluding carboxylic acids is 1. The van der Waals surface area contributed by atoms with Gasteiger partial charge in [0.15, 0.2) is 0 Å². The number of alkyl halides is 1. The molecule has 0 aliphatic carbocycles. The summed E-state index contributed by atoms with van der Waals surface area (Å²) < 4.78 is 0. The number of rotatable bonds is 7. The van der Waals surface area contributed by atoms with Gasteiger partial charge in [0.1, 0.15) is 0 Å². The van der Waals surface area contributed by atoms with E-state index in [1.807, 2.05) is 11.9 Å². The monoisotopic (exact) mass is 267 g/mol. The Kier molecular flexibility index (Phi) is 9.08. The topological polar surface area (TPSA) is 20.3 Å². The molecule has 0 fully saturated rings. The highest BCUT2D eigenvalue weighted by Crippen LogP contribution is 2.02. The maximum absolute atomic E-state index is 11.4. The molecule has 0 bridgehead atoms. The van der Waals surface area contributed by atoms with E-state index in [-0.39, 0.29) is 5.91 Å². The molecule has 0 saturated carbocycles. The third-order valence-electron chi connectivity index (χ3n) is 1.83. The number of hydrogen-bond donors (Lipinski definition) is 0. The Morgan fingerprint density at radius 1 is 1.46 bits per heavy atom. The summed E-state index contributed by atoms with van der Waals surface area (Å²) in [5.41, 5.74) is 0. The second-order valence-corrected chi connectivity index (χ2v) is 4.73. The van der Waals surface area contributed by atoms with Gasteiger partial charge in [0.25, 0.3) is 0 Å². The first-order valence-corrected chi connectivity index (χ1v) is 7.02. The molecule has 0 saturated heterocycles. The molecular formula is C9H18BrNOS. The van der Waals surface area contributed by atoms with Crippen LogP contribution in [0, 0.1) is 0 Å². The van der Waals surface area contributed by atoms with Crippen molar-refractivity contribution < 1.29 is 4.79 Å². The second kappa shape index (κ2) is 8.88. The van der Waals surface area contributed by atoms with Gasteiger partial charge >= 0.3 is 0 Å². The van der Waals surface area contributed by atoms with E-state index in [1.165, 1.54) is 0 Å². The molecule has 0 heterocycles. The lowest BCUT2D eigenvalue weighted by molar-refractivity contribution is -0.129. The largest absolute Gasteiger partial charge is 0.345 e. The molecule has 4 heteroatoms. The molecule has 0 radical (unpaired) electrons. The summed E-state index contributed by atoms with van der Waals surface area (Å²) in [4.78, 5) is 13.2. The van der Waals surface area contributed by atoms with Crippen LogP contribution in [-0.2, 0) is 4.79 Å². The van der Waals surface area contributed by atoms with Gasteiger partial charge in [-0.2, -0.15) is 11.8 Å². The highest BCUT2D eigenvalue weighted by molar-refractivity contribution is 9.09. The lowest BCUT2D eigenvalue weighted by Gasteiger charge is -2.16. The molecule has 0 rings (SSSR count). The maximum atomic E-state index is 11.4. The quantitative estimate of drug-likeness (QED) is 0.522. The van der Waals surface area contributed by atoms with Crippen LogP contribution in [0.3, 0.4) is 0 Å². The number of nitrogens with zero attached hydrogens (tertiary/aromatic N) is 1. The number of unbranched alkanes of at least 4 members (excludes halogenated alkanes) is 1. The van der Waals surface area contributed by atoms with Crippen molar-refractivity contribution in [2.45, 2.75) is 19.3 Å². The zero-order chi connectivity index (χ0) is 10.1. The summed E-state index contributed by atoms with van der Waals surface area (Å²) in [6, 6.07) is 0. The third kappa shape index (κ3) is 7.38. The van der Waals surface area contributed by atoms with Gasteiger partial charge in [-0.15, -0.1) is 0 Å². The number of carbonyl (C=O) groups is 1. The Bertz CT molecular complexity index is 144. The van der Waals surface area contributed by atoms with Gasteiger partial charge < -0.3 is 4.90 Å². The van der Waals surface area contributed by atoms with Crippen LogP contribution in [0.15, 0.2) is 0 Å². The van der Waals surface area contributed by atoms with Crippen LogP contribution in [0.2, 0.25) is 0 Å². The van der Waals surface area contributed by atoms with Gasteiger partial charge in [0.2, 0.25) is 5.91 Å². The zero-order valence-corrected chi connectivity index (χ0v) is 10.8. The highest BCUT2D eigenvalue weighted by Gasteiger charge is 2.06. The molecule has 0 spiro atoms. The van der Waals surface area contributed by atoms with Crippen molar-refractivity contribution in [2.24, 2.45) is 0 Å². The maximum Gasteiger partial charge on any atom is 0.222 e. The van der Waals surface area contributed by atoms with Crippen molar-refractivity contribution in [1.29, 1.82) is 0 Å². The summed E-state index contributed by atoms with van der Waals surface area (Å²) in [5, 5.41) is 0.995. The molecule has 0 aliphatic heterocycles. The summed E-state index contributed by atoms with van der Waals surface area (Å²) in [7, 11) is 1.88. The lowest BCUT2D eigenvalue weighted by Crippen LogP contribution is -2.28. The second-order valence-electron chi connectivity index (χ2n) is 2.95. The Morgan fingerprint density at radius 3 is 2.69 bits per heavy atom. The average molecular weight is 268 g/mol. The Hall–Kier alpha value is 0.300. The average Bonchev–Trinajstić information content (AvgIpc) is 2.14. The summed E-state index contributed by atoms with van der Waals surface area (Å²) in [6.07, 6.45) is 4.83. The molecule has 2 nitrogen and oxygen atoms in total. The van der Waals surface area contributed by atoms with Gasteiger partial charge in [-0.05, 0) is 19.1 Å². The van der Waals surface area contributed by atoms with E-state index in [2.05, 4.69) is 22.2 Å². The van der Waals surface area contributed by atoms with Crippen molar-refractivity contribution in [3.05, 3.63) is 0 Å². The van der Waals surface area contributed by atoms with Gasteiger partial charge in [-0.25, -0.2) is 0 Å². The molecule has 1 amide bonds. The molecule has 0 unspecified atom stereocenters. The zero-order valence-electron chi connectivity index (χ0n) is 8.38. The van der Waals surface area contributed by atoms with Crippen molar-refractivity contribution >= 4 is 33.6 Å². The van der Waals surface area contributed by atoms with E-state index in [1.54, 1.807) is 11.8 Å². The van der Waals surface area contributed by atoms with Gasteiger partial charge in [0, 0.05) is 31.1 Å². The fourth-order valence-corrected chi connectivity index (χ4v) is 1.77. The summed E-state index contributed by atoms with van der Waals surface area (Å²) >= 11 is 5.12. The number of thioether (sulfide) groups is 1. The van der Waals surface area contributed by atoms with E-state index in [4.69, 9.17) is 0 Å². The Morgan fingerprint density at radius 2 is 2.15 bits per heavy atom. The summed E-state index contributed by atoms with van der Waals surface area (Å²) in [6.45, 7) is 0.869. The molecule has 0 aliphatic rings. The molecule has 0 aromatic carbocycles. The summed E-state index contributed by atoms with van der Waals surface area (Å²) in [5.74, 6) is 1.30. The van der Waals surface area contributed by atoms with Crippen molar-refractivity contribution in [3.8, 4) is 0 Å². The molecular weight excluding hydrogens is 250 g/mol. The van der Waals surface area contributed by atoms with E-state index in [0.717, 1.165) is 30.5 Å². The molecule has 0 aromatic heterocycles. The highest BCUT2D eigenvalue weighted by atomic mass is 79.9. The smallest absolute Gasteiger partial charge is 0.222 e. The van der Waals surface area contributed by atoms with Crippen molar-refractivity contribution in [1.82, 2.24) is 4.90 Å². The lowest BCUT2D eigenvalue weighted by atomic mass is 10.2. The van der Waals surface area contributed by atoms with Crippen molar-refractivity contribution in [3.63, 3.8) is 0 Å². The fraction of sp³-hybridized carbons (Fsp3) is 0.889. The minimum Gasteiger partial charge on any atom is -0.345 e. The number of amides is 1. The standard InChI is InChI=1S/C9H18BrNOS/c1-11(7-8-13-2)9(12)5-3-4-6-10/h3-8H2,1-2H3. The third-order valence-corrected chi connectivity index (χ3v) is 2.98. The van der Waals surface area contributed by atoms with Crippen LogP contribution in [-0.4, -0.2) is 41.7 Å². The predicted molar refractivity (Wildman–Crippen MR) is 63.7 cm³/mol. The molecule has 0 aromatic rings.